The van der Waals surface area contributed by atoms with Gasteiger partial charge in [0.15, 0.2) is 23.1 Å². The number of Topliss-reactive ketones (excluding diaryl/α,β-unsaturated/α-hetero) is 2. The number of aliphatic hydroxyl groups excluding tert-OH is 1. The lowest BCUT2D eigenvalue weighted by atomic mass is 9.73. The first kappa shape index (κ1) is 28.0. The Morgan fingerprint density at radius 2 is 2.03 bits per heavy atom. The number of hydrogen-bond donors (Lipinski definition) is 1. The van der Waals surface area contributed by atoms with Gasteiger partial charge in [-0.3, -0.25) is 14.6 Å². The van der Waals surface area contributed by atoms with Crippen molar-refractivity contribution >= 4 is 41.1 Å². The van der Waals surface area contributed by atoms with E-state index in [2.05, 4.69) is 15.1 Å². The van der Waals surface area contributed by atoms with Gasteiger partial charge < -0.3 is 23.8 Å². The van der Waals surface area contributed by atoms with Gasteiger partial charge in [-0.05, 0) is 18.4 Å². The van der Waals surface area contributed by atoms with Crippen molar-refractivity contribution in [1.29, 1.82) is 0 Å². The quantitative estimate of drug-likeness (QED) is 0.407. The largest absolute Gasteiger partial charge is 0.507 e. The molecule has 1 N–H and O–H groups in total. The predicted octanol–water partition coefficient (Wildman–Crippen LogP) is 5.16. The summed E-state index contributed by atoms with van der Waals surface area (Å²) in [4.78, 5) is 35.9. The fourth-order valence-electron chi connectivity index (χ4n) is 4.59. The molecule has 0 bridgehead atoms. The van der Waals surface area contributed by atoms with Gasteiger partial charge in [-0.2, -0.15) is 16.7 Å². The number of allylic oxidation sites excluding steroid dienone is 1. The molecule has 0 radical (unpaired) electrons. The number of aliphatic hydroxyl groups is 1. The van der Waals surface area contributed by atoms with Crippen LogP contribution in [0.1, 0.15) is 67.6 Å². The number of thioether (sulfide) groups is 1. The van der Waals surface area contributed by atoms with Gasteiger partial charge in [0.1, 0.15) is 28.1 Å². The van der Waals surface area contributed by atoms with Crippen molar-refractivity contribution in [3.8, 4) is 17.2 Å². The van der Waals surface area contributed by atoms with E-state index in [9.17, 15) is 14.7 Å². The van der Waals surface area contributed by atoms with Crippen LogP contribution in [0.2, 0.25) is 5.02 Å². The average molecular weight is 564 g/mol. The minimum atomic E-state index is -1.87. The summed E-state index contributed by atoms with van der Waals surface area (Å²) in [6, 6.07) is 0.942. The fourth-order valence-corrected chi connectivity index (χ4v) is 5.31. The summed E-state index contributed by atoms with van der Waals surface area (Å²) in [5.41, 5.74) is -1.92. The van der Waals surface area contributed by atoms with E-state index >= 15 is 0 Å². The molecule has 204 valence electrons. The normalized spacial score (nSPS) is 21.9. The molecule has 0 saturated heterocycles. The molecule has 3 atom stereocenters. The molecule has 1 aromatic heterocycles. The maximum atomic E-state index is 13.9. The number of nitrogens with zero attached hydrogens (tertiary/aromatic N) is 3. The van der Waals surface area contributed by atoms with Gasteiger partial charge in [0, 0.05) is 30.5 Å². The van der Waals surface area contributed by atoms with Gasteiger partial charge in [0.25, 0.3) is 5.89 Å². The Kier molecular flexibility index (Phi) is 8.08. The van der Waals surface area contributed by atoms with E-state index in [-0.39, 0.29) is 51.5 Å². The summed E-state index contributed by atoms with van der Waals surface area (Å²) in [7, 11) is 2.83. The highest BCUT2D eigenvalue weighted by molar-refractivity contribution is 7.98. The molecule has 0 fully saturated rings. The molecule has 2 heterocycles. The van der Waals surface area contributed by atoms with Crippen molar-refractivity contribution in [3.63, 3.8) is 0 Å². The molecule has 2 aliphatic rings. The highest BCUT2D eigenvalue weighted by atomic mass is 35.5. The molecule has 3 unspecified atom stereocenters. The van der Waals surface area contributed by atoms with Gasteiger partial charge in [-0.25, -0.2) is 0 Å². The number of benzene rings is 1. The van der Waals surface area contributed by atoms with Crippen LogP contribution in [0.5, 0.6) is 17.2 Å². The van der Waals surface area contributed by atoms with E-state index in [1.54, 1.807) is 18.7 Å². The van der Waals surface area contributed by atoms with Gasteiger partial charge in [0.05, 0.1) is 19.8 Å². The number of fused-ring (bicyclic) bond motifs is 1. The van der Waals surface area contributed by atoms with Crippen molar-refractivity contribution in [2.24, 2.45) is 10.9 Å². The van der Waals surface area contributed by atoms with Gasteiger partial charge in [-0.15, -0.1) is 0 Å². The maximum absolute atomic E-state index is 13.9. The first-order chi connectivity index (χ1) is 18.1. The van der Waals surface area contributed by atoms with Crippen molar-refractivity contribution < 1.29 is 33.4 Å². The van der Waals surface area contributed by atoms with Gasteiger partial charge in [-0.1, -0.05) is 37.5 Å². The van der Waals surface area contributed by atoms with Gasteiger partial charge >= 0.3 is 0 Å². The van der Waals surface area contributed by atoms with Crippen molar-refractivity contribution in [1.82, 2.24) is 10.1 Å². The second-order valence-corrected chi connectivity index (χ2v) is 10.8. The third kappa shape index (κ3) is 4.55. The first-order valence-corrected chi connectivity index (χ1v) is 13.9. The molecule has 2 aromatic rings. The molecule has 1 aliphatic heterocycles. The third-order valence-electron chi connectivity index (χ3n) is 6.75. The molecule has 1 aliphatic carbocycles. The Morgan fingerprint density at radius 3 is 2.63 bits per heavy atom. The number of ether oxygens (including phenoxy) is 3. The minimum absolute atomic E-state index is 0.0295. The second kappa shape index (κ2) is 11.0. The van der Waals surface area contributed by atoms with Crippen LogP contribution in [0.15, 0.2) is 26.9 Å². The molecule has 1 spiro atoms. The van der Waals surface area contributed by atoms with E-state index in [1.807, 2.05) is 20.1 Å². The smallest absolute Gasteiger partial charge is 0.251 e. The third-order valence-corrected chi connectivity index (χ3v) is 7.75. The molecule has 0 amide bonds. The van der Waals surface area contributed by atoms with Crippen LogP contribution >= 0.6 is 23.4 Å². The number of carbonyl (C=O) groups excluding carboxylic acids is 2. The lowest BCUT2D eigenvalue weighted by molar-refractivity contribution is -0.118. The van der Waals surface area contributed by atoms with E-state index in [0.29, 0.717) is 18.1 Å². The monoisotopic (exact) mass is 563 g/mol. The molecule has 10 nitrogen and oxygen atoms in total. The van der Waals surface area contributed by atoms with E-state index in [4.69, 9.17) is 30.3 Å². The lowest BCUT2D eigenvalue weighted by Gasteiger charge is -2.36. The second-order valence-electron chi connectivity index (χ2n) is 9.48. The Hall–Kier alpha value is -3.05. The van der Waals surface area contributed by atoms with Crippen LogP contribution in [-0.2, 0) is 4.79 Å². The zero-order valence-electron chi connectivity index (χ0n) is 22.0. The number of aliphatic imine (C=N–C) groups is 1. The standard InChI is InChI=1S/C26H30ClN3O7S/c1-12(2)24-29-25(37-30-24)15(7-8-38-6)28-11-14-16(31)9-13(3)26(22(14)32)23(33)19-17(34-4)10-18(35-5)20(27)21(19)36-26/h10-13,15,32H,7-9H2,1-6H3. The summed E-state index contributed by atoms with van der Waals surface area (Å²) in [5.74, 6) is -0.0134. The Morgan fingerprint density at radius 1 is 1.32 bits per heavy atom. The van der Waals surface area contributed by atoms with Crippen LogP contribution < -0.4 is 14.2 Å². The molecule has 38 heavy (non-hydrogen) atoms. The first-order valence-electron chi connectivity index (χ1n) is 12.1. The number of methoxy groups -OCH3 is 2. The summed E-state index contributed by atoms with van der Waals surface area (Å²) < 4.78 is 22.3. The molecule has 1 aromatic carbocycles. The number of ketones is 2. The molecule has 0 saturated carbocycles. The van der Waals surface area contributed by atoms with Crippen LogP contribution in [0.25, 0.3) is 0 Å². The van der Waals surface area contributed by atoms with Crippen LogP contribution in [0.3, 0.4) is 0 Å². The SMILES string of the molecule is COc1cc(OC)c2c(c1Cl)OC1(C2=O)C(O)=C(C=NC(CCSC)c2nc(C(C)C)no2)C(=O)CC1C. The van der Waals surface area contributed by atoms with Crippen LogP contribution in [0, 0.1) is 5.92 Å². The van der Waals surface area contributed by atoms with Crippen LogP contribution in [-0.4, -0.2) is 64.9 Å². The summed E-state index contributed by atoms with van der Waals surface area (Å²) in [6.07, 6.45) is 3.74. The average Bonchev–Trinajstić information content (AvgIpc) is 3.50. The highest BCUT2D eigenvalue weighted by Crippen LogP contribution is 2.54. The maximum Gasteiger partial charge on any atom is 0.251 e. The Labute approximate surface area is 229 Å². The number of aromatic nitrogens is 2. The molecular formula is C26H30ClN3O7S. The Balaban J connectivity index is 1.78. The minimum Gasteiger partial charge on any atom is -0.507 e. The van der Waals surface area contributed by atoms with Crippen molar-refractivity contribution in [3.05, 3.63) is 39.7 Å². The fraction of sp³-hybridized carbons (Fsp3) is 0.500. The van der Waals surface area contributed by atoms with E-state index < -0.39 is 29.1 Å². The van der Waals surface area contributed by atoms with Crippen molar-refractivity contribution in [2.75, 3.05) is 26.2 Å². The Bertz CT molecular complexity index is 1320. The van der Waals surface area contributed by atoms with Crippen molar-refractivity contribution in [2.45, 2.75) is 51.2 Å². The summed E-state index contributed by atoms with van der Waals surface area (Å²) in [6.45, 7) is 5.56. The predicted molar refractivity (Wildman–Crippen MR) is 143 cm³/mol. The zero-order valence-corrected chi connectivity index (χ0v) is 23.6. The van der Waals surface area contributed by atoms with E-state index in [1.165, 1.54) is 26.5 Å². The summed E-state index contributed by atoms with van der Waals surface area (Å²) in [5, 5.41) is 15.6. The molecular weight excluding hydrogens is 534 g/mol. The number of carbonyl (C=O) groups is 2. The number of hydrogen-bond acceptors (Lipinski definition) is 11. The van der Waals surface area contributed by atoms with E-state index in [0.717, 1.165) is 5.75 Å². The topological polar surface area (TPSA) is 133 Å². The number of rotatable bonds is 9. The van der Waals surface area contributed by atoms with Gasteiger partial charge in [0.2, 0.25) is 11.4 Å². The lowest BCUT2D eigenvalue weighted by Crippen LogP contribution is -2.52. The zero-order chi connectivity index (χ0) is 27.8. The molecule has 4 rings (SSSR count). The number of halogens is 1. The summed E-state index contributed by atoms with van der Waals surface area (Å²) >= 11 is 8.11. The van der Waals surface area contributed by atoms with Crippen LogP contribution in [0.4, 0.5) is 0 Å². The highest BCUT2D eigenvalue weighted by Gasteiger charge is 2.60. The molecule has 12 heteroatoms.